The zero-order chi connectivity index (χ0) is 9.23. The van der Waals surface area contributed by atoms with Gasteiger partial charge in [0.05, 0.1) is 12.8 Å². The number of hydrogen-bond acceptors (Lipinski definition) is 5. The Morgan fingerprint density at radius 2 is 2.33 bits per heavy atom. The van der Waals surface area contributed by atoms with Crippen LogP contribution < -0.4 is 11.3 Å². The Morgan fingerprint density at radius 3 is 2.83 bits per heavy atom. The Morgan fingerprint density at radius 1 is 1.58 bits per heavy atom. The molecule has 0 aliphatic heterocycles. The van der Waals surface area contributed by atoms with Gasteiger partial charge in [0.25, 0.3) is 0 Å². The van der Waals surface area contributed by atoms with Crippen molar-refractivity contribution in [1.82, 2.24) is 10.3 Å². The Bertz CT molecular complexity index is 146. The van der Waals surface area contributed by atoms with Crippen LogP contribution in [0.25, 0.3) is 0 Å². The van der Waals surface area contributed by atoms with Gasteiger partial charge < -0.3 is 10.0 Å². The fourth-order valence-corrected chi connectivity index (χ4v) is 0.828. The van der Waals surface area contributed by atoms with Gasteiger partial charge in [-0.3, -0.25) is 11.3 Å². The minimum absolute atomic E-state index is 0.0359. The lowest BCUT2D eigenvalue weighted by Gasteiger charge is -2.16. The smallest absolute Gasteiger partial charge is 0.142 e. The first kappa shape index (κ1) is 11.1. The molecule has 0 fully saturated rings. The molecular weight excluding hydrogens is 158 g/mol. The molecule has 0 aromatic rings. The number of hydrazine groups is 1. The molecule has 5 heteroatoms. The van der Waals surface area contributed by atoms with E-state index in [-0.39, 0.29) is 6.61 Å². The molecule has 0 unspecified atom stereocenters. The second kappa shape index (κ2) is 8.23. The topological polar surface area (TPSA) is 78.6 Å². The first-order valence-corrected chi connectivity index (χ1v) is 3.84. The summed E-state index contributed by atoms with van der Waals surface area (Å²) < 4.78 is 0. The minimum atomic E-state index is 0.0359. The van der Waals surface area contributed by atoms with Crippen molar-refractivity contribution in [2.45, 2.75) is 6.42 Å². The number of nitrogens with one attached hydrogen (secondary N) is 1. The van der Waals surface area contributed by atoms with Gasteiger partial charge in [-0.25, -0.2) is 4.79 Å². The van der Waals surface area contributed by atoms with Crippen molar-refractivity contribution in [1.29, 1.82) is 0 Å². The van der Waals surface area contributed by atoms with Gasteiger partial charge in [-0.15, -0.1) is 0 Å². The molecular formula is C7H15N3O2. The molecule has 0 heterocycles. The molecule has 0 rings (SSSR count). The quantitative estimate of drug-likeness (QED) is 0.189. The fraction of sp³-hybridized carbons (Fsp3) is 0.714. The summed E-state index contributed by atoms with van der Waals surface area (Å²) in [7, 11) is 0. The number of nitrogens with zero attached hydrogens (tertiary/aromatic N) is 1. The summed E-state index contributed by atoms with van der Waals surface area (Å²) in [5.41, 5.74) is 2.51. The molecule has 0 amide bonds. The number of carbonyl (C=O) groups excluding carboxylic acids is 1. The molecule has 12 heavy (non-hydrogen) atoms. The Kier molecular flexibility index (Phi) is 7.63. The van der Waals surface area contributed by atoms with Gasteiger partial charge in [0.2, 0.25) is 0 Å². The van der Waals surface area contributed by atoms with Crippen LogP contribution in [0.1, 0.15) is 6.42 Å². The van der Waals surface area contributed by atoms with Crippen molar-refractivity contribution < 1.29 is 9.90 Å². The van der Waals surface area contributed by atoms with Gasteiger partial charge in [0.15, 0.2) is 0 Å². The van der Waals surface area contributed by atoms with E-state index in [0.717, 1.165) is 6.42 Å². The second-order valence-electron chi connectivity index (χ2n) is 2.31. The van der Waals surface area contributed by atoms with Crippen LogP contribution in [0.4, 0.5) is 0 Å². The van der Waals surface area contributed by atoms with Crippen LogP contribution in [-0.4, -0.2) is 42.2 Å². The number of rotatable bonds is 7. The maximum absolute atomic E-state index is 9.98. The average Bonchev–Trinajstić information content (AvgIpc) is 2.06. The van der Waals surface area contributed by atoms with E-state index in [9.17, 15) is 4.79 Å². The SMILES string of the molecule is NNCCCN(C=C=O)CCO. The standard InChI is InChI=1S/C7H15N3O2/c8-9-2-1-3-10(4-6-11)5-7-12/h4,9,12H,1-3,5,7-8H2. The van der Waals surface area contributed by atoms with Crippen LogP contribution in [-0.2, 0) is 4.79 Å². The molecule has 0 spiro atoms. The summed E-state index contributed by atoms with van der Waals surface area (Å²) in [4.78, 5) is 11.7. The number of aliphatic hydroxyl groups excluding tert-OH is 1. The van der Waals surface area contributed by atoms with Crippen LogP contribution in [0, 0.1) is 0 Å². The number of hydrogen-bond donors (Lipinski definition) is 3. The van der Waals surface area contributed by atoms with Crippen LogP contribution in [0.3, 0.4) is 0 Å². The van der Waals surface area contributed by atoms with Gasteiger partial charge in [-0.05, 0) is 6.42 Å². The zero-order valence-corrected chi connectivity index (χ0v) is 6.99. The normalized spacial score (nSPS) is 9.17. The third-order valence-electron chi connectivity index (χ3n) is 1.39. The molecule has 0 radical (unpaired) electrons. The average molecular weight is 173 g/mol. The van der Waals surface area contributed by atoms with Crippen LogP contribution in [0.5, 0.6) is 0 Å². The van der Waals surface area contributed by atoms with E-state index in [1.54, 1.807) is 10.8 Å². The van der Waals surface area contributed by atoms with Gasteiger partial charge >= 0.3 is 0 Å². The Balaban J connectivity index is 3.55. The summed E-state index contributed by atoms with van der Waals surface area (Å²) in [6, 6.07) is 0. The molecule has 4 N–H and O–H groups in total. The minimum Gasteiger partial charge on any atom is -0.395 e. The van der Waals surface area contributed by atoms with Crippen molar-refractivity contribution in [3.8, 4) is 0 Å². The summed E-state index contributed by atoms with van der Waals surface area (Å²) in [6.07, 6.45) is 2.13. The third-order valence-corrected chi connectivity index (χ3v) is 1.39. The van der Waals surface area contributed by atoms with E-state index in [2.05, 4.69) is 5.43 Å². The molecule has 0 aliphatic carbocycles. The maximum Gasteiger partial charge on any atom is 0.142 e. The molecule has 0 saturated heterocycles. The molecule has 0 aliphatic rings. The molecule has 0 aromatic heterocycles. The van der Waals surface area contributed by atoms with E-state index in [4.69, 9.17) is 10.9 Å². The monoisotopic (exact) mass is 173 g/mol. The van der Waals surface area contributed by atoms with Crippen molar-refractivity contribution in [3.05, 3.63) is 6.20 Å². The lowest BCUT2D eigenvalue weighted by Crippen LogP contribution is -2.28. The van der Waals surface area contributed by atoms with Crippen LogP contribution in [0.2, 0.25) is 0 Å². The lowest BCUT2D eigenvalue weighted by molar-refractivity contribution is 0.235. The molecule has 0 saturated carbocycles. The summed E-state index contributed by atoms with van der Waals surface area (Å²) >= 11 is 0. The molecule has 0 bridgehead atoms. The van der Waals surface area contributed by atoms with Crippen LogP contribution >= 0.6 is 0 Å². The second-order valence-corrected chi connectivity index (χ2v) is 2.31. The van der Waals surface area contributed by atoms with E-state index in [1.807, 2.05) is 0 Å². The van der Waals surface area contributed by atoms with E-state index in [1.165, 1.54) is 6.20 Å². The van der Waals surface area contributed by atoms with Crippen molar-refractivity contribution in [2.75, 3.05) is 26.2 Å². The summed E-state index contributed by atoms with van der Waals surface area (Å²) in [6.45, 7) is 1.88. The highest BCUT2D eigenvalue weighted by atomic mass is 16.3. The highest BCUT2D eigenvalue weighted by Gasteiger charge is 1.96. The third kappa shape index (κ3) is 5.88. The first-order chi connectivity index (χ1) is 5.85. The number of aliphatic hydroxyl groups is 1. The maximum atomic E-state index is 9.98. The van der Waals surface area contributed by atoms with E-state index in [0.29, 0.717) is 19.6 Å². The molecule has 5 nitrogen and oxygen atoms in total. The van der Waals surface area contributed by atoms with E-state index < -0.39 is 0 Å². The molecule has 0 aromatic carbocycles. The predicted octanol–water partition coefficient (Wildman–Crippen LogP) is -1.52. The van der Waals surface area contributed by atoms with Gasteiger partial charge in [0, 0.05) is 19.6 Å². The van der Waals surface area contributed by atoms with Gasteiger partial charge in [0.1, 0.15) is 5.94 Å². The lowest BCUT2D eigenvalue weighted by atomic mass is 10.4. The predicted molar refractivity (Wildman–Crippen MR) is 45.7 cm³/mol. The highest BCUT2D eigenvalue weighted by molar-refractivity contribution is 5.44. The zero-order valence-electron chi connectivity index (χ0n) is 6.99. The summed E-state index contributed by atoms with van der Waals surface area (Å²) in [5.74, 6) is 6.72. The number of nitrogens with two attached hydrogens (primary N) is 1. The van der Waals surface area contributed by atoms with Gasteiger partial charge in [-0.1, -0.05) is 0 Å². The van der Waals surface area contributed by atoms with Gasteiger partial charge in [-0.2, -0.15) is 0 Å². The van der Waals surface area contributed by atoms with E-state index >= 15 is 0 Å². The Hall–Kier alpha value is -0.870. The Labute approximate surface area is 71.8 Å². The van der Waals surface area contributed by atoms with Crippen molar-refractivity contribution in [2.24, 2.45) is 5.84 Å². The van der Waals surface area contributed by atoms with Crippen molar-refractivity contribution in [3.63, 3.8) is 0 Å². The van der Waals surface area contributed by atoms with Crippen LogP contribution in [0.15, 0.2) is 6.20 Å². The highest BCUT2D eigenvalue weighted by Crippen LogP contribution is 1.89. The molecule has 0 atom stereocenters. The molecule has 70 valence electrons. The first-order valence-electron chi connectivity index (χ1n) is 3.84. The summed E-state index contributed by atoms with van der Waals surface area (Å²) in [5, 5.41) is 8.59. The fourth-order valence-electron chi connectivity index (χ4n) is 0.828. The largest absolute Gasteiger partial charge is 0.395 e. The van der Waals surface area contributed by atoms with Crippen molar-refractivity contribution >= 4 is 5.94 Å².